The molecule has 0 saturated carbocycles. The van der Waals surface area contributed by atoms with Crippen LogP contribution in [0, 0.1) is 13.8 Å². The Hall–Kier alpha value is -3.06. The number of benzene rings is 2. The number of rotatable bonds is 6. The fourth-order valence-electron chi connectivity index (χ4n) is 2.99. The second-order valence-corrected chi connectivity index (χ2v) is 6.04. The molecule has 0 bridgehead atoms. The number of aryl methyl sites for hydroxylation is 2. The van der Waals surface area contributed by atoms with E-state index < -0.39 is 5.63 Å². The Bertz CT molecular complexity index is 1020. The molecule has 1 N–H and O–H groups in total. The van der Waals surface area contributed by atoms with Crippen LogP contribution in [0.25, 0.3) is 22.4 Å². The van der Waals surface area contributed by atoms with E-state index >= 15 is 0 Å². The van der Waals surface area contributed by atoms with E-state index in [-0.39, 0.29) is 24.5 Å². The Morgan fingerprint density at radius 2 is 1.78 bits per heavy atom. The first-order valence-corrected chi connectivity index (χ1v) is 8.40. The van der Waals surface area contributed by atoms with Crippen molar-refractivity contribution in [2.24, 2.45) is 0 Å². The highest BCUT2D eigenvalue weighted by atomic mass is 16.5. The van der Waals surface area contributed by atoms with Crippen molar-refractivity contribution in [2.45, 2.75) is 13.8 Å². The zero-order valence-electron chi connectivity index (χ0n) is 15.7. The van der Waals surface area contributed by atoms with Crippen molar-refractivity contribution in [2.75, 3.05) is 27.4 Å². The van der Waals surface area contributed by atoms with E-state index in [1.54, 1.807) is 12.1 Å². The second-order valence-electron chi connectivity index (χ2n) is 6.04. The van der Waals surface area contributed by atoms with Gasteiger partial charge in [0, 0.05) is 17.7 Å². The average Bonchev–Trinajstić information content (AvgIpc) is 2.66. The average molecular weight is 371 g/mol. The van der Waals surface area contributed by atoms with Gasteiger partial charge in [0.2, 0.25) is 5.89 Å². The maximum atomic E-state index is 12.6. The van der Waals surface area contributed by atoms with Crippen LogP contribution < -0.4 is 19.8 Å². The third-order valence-corrected chi connectivity index (χ3v) is 4.17. The Balaban J connectivity index is 2.16. The molecular weight excluding hydrogens is 350 g/mol. The van der Waals surface area contributed by atoms with Gasteiger partial charge in [0.25, 0.3) is 0 Å². The predicted molar refractivity (Wildman–Crippen MR) is 101 cm³/mol. The van der Waals surface area contributed by atoms with Gasteiger partial charge in [-0.05, 0) is 37.1 Å². The van der Waals surface area contributed by atoms with Crippen LogP contribution >= 0.6 is 0 Å². The molecule has 0 spiro atoms. The molecular formula is C20H21NO6. The molecule has 0 aliphatic heterocycles. The number of ether oxygens (including phenoxy) is 3. The van der Waals surface area contributed by atoms with Crippen LogP contribution in [0.4, 0.5) is 0 Å². The quantitative estimate of drug-likeness (QED) is 0.712. The number of methoxy groups -OCH3 is 2. The van der Waals surface area contributed by atoms with E-state index in [0.717, 1.165) is 11.1 Å². The molecule has 0 aliphatic carbocycles. The molecule has 0 atom stereocenters. The summed E-state index contributed by atoms with van der Waals surface area (Å²) in [7, 11) is 3.00. The Morgan fingerprint density at radius 1 is 1.07 bits per heavy atom. The number of aliphatic hydroxyl groups is 1. The zero-order valence-corrected chi connectivity index (χ0v) is 15.7. The summed E-state index contributed by atoms with van der Waals surface area (Å²) in [5.41, 5.74) is 2.25. The molecule has 1 aromatic heterocycles. The molecule has 2 aromatic carbocycles. The van der Waals surface area contributed by atoms with Crippen molar-refractivity contribution in [3.63, 3.8) is 0 Å². The van der Waals surface area contributed by atoms with E-state index in [2.05, 4.69) is 4.98 Å². The number of fused-ring (bicyclic) bond motifs is 1. The normalized spacial score (nSPS) is 10.9. The van der Waals surface area contributed by atoms with Gasteiger partial charge in [-0.25, -0.2) is 9.78 Å². The van der Waals surface area contributed by atoms with Crippen molar-refractivity contribution in [1.82, 2.24) is 4.98 Å². The maximum absolute atomic E-state index is 12.6. The van der Waals surface area contributed by atoms with Gasteiger partial charge in [0.15, 0.2) is 0 Å². The minimum Gasteiger partial charge on any atom is -0.497 e. The van der Waals surface area contributed by atoms with Crippen LogP contribution in [-0.4, -0.2) is 37.5 Å². The predicted octanol–water partition coefficient (Wildman–Crippen LogP) is 2.86. The molecule has 3 aromatic rings. The molecule has 142 valence electrons. The number of nitrogens with zero attached hydrogens (tertiary/aromatic N) is 1. The molecule has 27 heavy (non-hydrogen) atoms. The number of hydrogen-bond acceptors (Lipinski definition) is 7. The lowest BCUT2D eigenvalue weighted by atomic mass is 10.1. The Labute approximate surface area is 156 Å². The molecule has 7 nitrogen and oxygen atoms in total. The summed E-state index contributed by atoms with van der Waals surface area (Å²) < 4.78 is 21.5. The van der Waals surface area contributed by atoms with E-state index in [9.17, 15) is 4.79 Å². The summed E-state index contributed by atoms with van der Waals surface area (Å²) in [6.07, 6.45) is 0. The summed E-state index contributed by atoms with van der Waals surface area (Å²) in [6.45, 7) is 3.91. The van der Waals surface area contributed by atoms with E-state index in [1.165, 1.54) is 14.2 Å². The monoisotopic (exact) mass is 371 g/mol. The standard InChI is InChI=1S/C20H21NO6/c1-11-7-13(8-12(2)18(11)26-6-5-22)19-21-15-9-14(24-3)10-16(25-4)17(15)20(23)27-19/h7-10,22H,5-6H2,1-4H3. The summed E-state index contributed by atoms with van der Waals surface area (Å²) in [4.78, 5) is 17.0. The highest BCUT2D eigenvalue weighted by molar-refractivity contribution is 5.86. The highest BCUT2D eigenvalue weighted by Crippen LogP contribution is 2.32. The van der Waals surface area contributed by atoms with E-state index in [4.69, 9.17) is 23.7 Å². The maximum Gasteiger partial charge on any atom is 0.350 e. The topological polar surface area (TPSA) is 91.0 Å². The zero-order chi connectivity index (χ0) is 19.6. The summed E-state index contributed by atoms with van der Waals surface area (Å²) in [5.74, 6) is 1.77. The number of aliphatic hydroxyl groups excluding tert-OH is 1. The van der Waals surface area contributed by atoms with Crippen LogP contribution in [-0.2, 0) is 0 Å². The molecule has 7 heteroatoms. The van der Waals surface area contributed by atoms with Crippen LogP contribution in [0.15, 0.2) is 33.5 Å². The van der Waals surface area contributed by atoms with Crippen LogP contribution in [0.1, 0.15) is 11.1 Å². The Morgan fingerprint density at radius 3 is 2.37 bits per heavy atom. The smallest absolute Gasteiger partial charge is 0.350 e. The van der Waals surface area contributed by atoms with Gasteiger partial charge in [-0.2, -0.15) is 0 Å². The minimum absolute atomic E-state index is 0.0641. The first kappa shape index (κ1) is 18.7. The first-order valence-electron chi connectivity index (χ1n) is 8.40. The van der Waals surface area contributed by atoms with Gasteiger partial charge < -0.3 is 23.7 Å². The molecule has 0 unspecified atom stereocenters. The van der Waals surface area contributed by atoms with Gasteiger partial charge in [-0.15, -0.1) is 0 Å². The molecule has 0 amide bonds. The van der Waals surface area contributed by atoms with E-state index in [0.29, 0.717) is 28.3 Å². The fraction of sp³-hybridized carbons (Fsp3) is 0.300. The molecule has 3 rings (SSSR count). The lowest BCUT2D eigenvalue weighted by Gasteiger charge is -2.13. The Kier molecular flexibility index (Phi) is 5.32. The van der Waals surface area contributed by atoms with Crippen LogP contribution in [0.2, 0.25) is 0 Å². The highest BCUT2D eigenvalue weighted by Gasteiger charge is 2.16. The largest absolute Gasteiger partial charge is 0.497 e. The van der Waals surface area contributed by atoms with Crippen molar-refractivity contribution < 1.29 is 23.7 Å². The summed E-state index contributed by atoms with van der Waals surface area (Å²) in [6, 6.07) is 6.93. The lowest BCUT2D eigenvalue weighted by Crippen LogP contribution is -2.06. The van der Waals surface area contributed by atoms with Crippen molar-refractivity contribution in [1.29, 1.82) is 0 Å². The summed E-state index contributed by atoms with van der Waals surface area (Å²) >= 11 is 0. The first-order chi connectivity index (χ1) is 13.0. The number of hydrogen-bond donors (Lipinski definition) is 1. The van der Waals surface area contributed by atoms with Gasteiger partial charge in [0.05, 0.1) is 26.3 Å². The molecule has 0 fully saturated rings. The van der Waals surface area contributed by atoms with Crippen LogP contribution in [0.3, 0.4) is 0 Å². The molecule has 0 aliphatic rings. The van der Waals surface area contributed by atoms with Crippen molar-refractivity contribution >= 4 is 10.9 Å². The third-order valence-electron chi connectivity index (χ3n) is 4.17. The lowest BCUT2D eigenvalue weighted by molar-refractivity contribution is 0.200. The minimum atomic E-state index is -0.537. The summed E-state index contributed by atoms with van der Waals surface area (Å²) in [5, 5.41) is 9.22. The van der Waals surface area contributed by atoms with Crippen LogP contribution in [0.5, 0.6) is 17.2 Å². The molecule has 1 heterocycles. The third kappa shape index (κ3) is 3.59. The second kappa shape index (κ2) is 7.67. The molecule has 0 saturated heterocycles. The SMILES string of the molecule is COc1cc(OC)c2c(=O)oc(-c3cc(C)c(OCCO)c(C)c3)nc2c1. The van der Waals surface area contributed by atoms with Gasteiger partial charge in [-0.1, -0.05) is 0 Å². The van der Waals surface area contributed by atoms with E-state index in [1.807, 2.05) is 26.0 Å². The van der Waals surface area contributed by atoms with Crippen molar-refractivity contribution in [3.05, 3.63) is 45.8 Å². The molecule has 0 radical (unpaired) electrons. The van der Waals surface area contributed by atoms with Gasteiger partial charge in [0.1, 0.15) is 29.2 Å². The van der Waals surface area contributed by atoms with Gasteiger partial charge in [-0.3, -0.25) is 0 Å². The fourth-order valence-corrected chi connectivity index (χ4v) is 2.99. The van der Waals surface area contributed by atoms with Crippen molar-refractivity contribution in [3.8, 4) is 28.7 Å². The number of aromatic nitrogens is 1. The van der Waals surface area contributed by atoms with Gasteiger partial charge >= 0.3 is 5.63 Å².